The third-order valence-corrected chi connectivity index (χ3v) is 6.41. The molecule has 1 aromatic carbocycles. The molecule has 0 unspecified atom stereocenters. The van der Waals surface area contributed by atoms with Gasteiger partial charge in [0.15, 0.2) is 0 Å². The van der Waals surface area contributed by atoms with Crippen molar-refractivity contribution in [3.63, 3.8) is 0 Å². The molecule has 0 spiro atoms. The Balaban J connectivity index is 1.31. The van der Waals surface area contributed by atoms with Gasteiger partial charge in [0.1, 0.15) is 0 Å². The molecule has 0 aliphatic carbocycles. The molecule has 33 heavy (non-hydrogen) atoms. The number of halogens is 3. The van der Waals surface area contributed by atoms with Gasteiger partial charge in [-0.2, -0.15) is 13.2 Å². The topological polar surface area (TPSA) is 60.5 Å². The van der Waals surface area contributed by atoms with Gasteiger partial charge in [-0.15, -0.1) is 0 Å². The van der Waals surface area contributed by atoms with Crippen LogP contribution in [0.2, 0.25) is 0 Å². The second-order valence-electron chi connectivity index (χ2n) is 8.74. The molecule has 0 radical (unpaired) electrons. The van der Waals surface area contributed by atoms with Gasteiger partial charge in [0.05, 0.1) is 16.9 Å². The lowest BCUT2D eigenvalue weighted by atomic mass is 10.0. The van der Waals surface area contributed by atoms with Gasteiger partial charge in [0, 0.05) is 51.2 Å². The molecule has 2 aliphatic rings. The average Bonchev–Trinajstić information content (AvgIpc) is 3.33. The number of urea groups is 1. The quantitative estimate of drug-likeness (QED) is 0.664. The molecule has 2 aromatic rings. The number of carbonyl (C=O) groups excluding carboxylic acids is 1. The number of hydrogen-bond acceptors (Lipinski definition) is 4. The summed E-state index contributed by atoms with van der Waals surface area (Å²) in [6.07, 6.45) is 3.69. The smallest absolute Gasteiger partial charge is 0.370 e. The van der Waals surface area contributed by atoms with E-state index in [9.17, 15) is 18.0 Å². The average molecular weight is 462 g/mol. The summed E-state index contributed by atoms with van der Waals surface area (Å²) >= 11 is 0. The molecule has 0 saturated carbocycles. The maximum absolute atomic E-state index is 13.2. The van der Waals surface area contributed by atoms with Crippen molar-refractivity contribution in [3.05, 3.63) is 53.9 Å². The van der Waals surface area contributed by atoms with Crippen LogP contribution in [-0.4, -0.2) is 54.7 Å². The zero-order valence-corrected chi connectivity index (χ0v) is 18.6. The summed E-state index contributed by atoms with van der Waals surface area (Å²) in [7, 11) is 0. The van der Waals surface area contributed by atoms with Gasteiger partial charge >= 0.3 is 12.2 Å². The van der Waals surface area contributed by atoms with E-state index in [0.717, 1.165) is 77.0 Å². The fourth-order valence-corrected chi connectivity index (χ4v) is 4.53. The Morgan fingerprint density at radius 3 is 2.39 bits per heavy atom. The van der Waals surface area contributed by atoms with Crippen molar-refractivity contribution in [2.75, 3.05) is 42.9 Å². The Morgan fingerprint density at radius 2 is 1.73 bits per heavy atom. The van der Waals surface area contributed by atoms with Crippen LogP contribution in [0.1, 0.15) is 36.8 Å². The van der Waals surface area contributed by atoms with E-state index < -0.39 is 17.8 Å². The monoisotopic (exact) mass is 461 g/mol. The van der Waals surface area contributed by atoms with Crippen molar-refractivity contribution in [1.29, 1.82) is 0 Å². The molecule has 9 heteroatoms. The lowest BCUT2D eigenvalue weighted by Gasteiger charge is -2.32. The molecule has 6 nitrogen and oxygen atoms in total. The van der Waals surface area contributed by atoms with E-state index in [4.69, 9.17) is 0 Å². The van der Waals surface area contributed by atoms with Crippen LogP contribution >= 0.6 is 0 Å². The van der Waals surface area contributed by atoms with Gasteiger partial charge in [0.2, 0.25) is 0 Å². The summed E-state index contributed by atoms with van der Waals surface area (Å²) in [6, 6.07) is 7.16. The van der Waals surface area contributed by atoms with Gasteiger partial charge < -0.3 is 20.4 Å². The highest BCUT2D eigenvalue weighted by atomic mass is 19.4. The Hall–Kier alpha value is -2.81. The number of likely N-dealkylation sites (tertiary alicyclic amines) is 1. The van der Waals surface area contributed by atoms with Gasteiger partial charge in [-0.1, -0.05) is 0 Å². The molecule has 4 rings (SSSR count). The van der Waals surface area contributed by atoms with Crippen LogP contribution in [0.15, 0.2) is 42.7 Å². The minimum atomic E-state index is -4.46. The second-order valence-corrected chi connectivity index (χ2v) is 8.74. The van der Waals surface area contributed by atoms with E-state index in [1.807, 2.05) is 17.0 Å². The molecule has 2 amide bonds. The number of nitrogens with zero attached hydrogens (tertiary/aromatic N) is 3. The van der Waals surface area contributed by atoms with Crippen molar-refractivity contribution in [1.82, 2.24) is 15.2 Å². The fraction of sp³-hybridized carbons (Fsp3) is 0.500. The summed E-state index contributed by atoms with van der Waals surface area (Å²) in [6.45, 7) is 4.25. The first-order chi connectivity index (χ1) is 15.9. The van der Waals surface area contributed by atoms with Crippen LogP contribution in [0.4, 0.5) is 29.3 Å². The highest BCUT2D eigenvalue weighted by Gasteiger charge is 2.32. The maximum Gasteiger partial charge on any atom is 0.416 e. The number of rotatable bonds is 6. The van der Waals surface area contributed by atoms with Gasteiger partial charge in [-0.3, -0.25) is 4.98 Å². The lowest BCUT2D eigenvalue weighted by Crippen LogP contribution is -2.46. The predicted molar refractivity (Wildman–Crippen MR) is 122 cm³/mol. The zero-order valence-electron chi connectivity index (χ0n) is 18.6. The maximum atomic E-state index is 13.2. The summed E-state index contributed by atoms with van der Waals surface area (Å²) in [5.74, 6) is 0. The molecule has 2 fully saturated rings. The second kappa shape index (κ2) is 10.4. The SMILES string of the molecule is O=C(Nc1cc(C(F)(F)F)ccc1N1CCCC1)NC1CCN(CCc2ccncc2)CC1. The van der Waals surface area contributed by atoms with Crippen LogP contribution < -0.4 is 15.5 Å². The third-order valence-electron chi connectivity index (χ3n) is 6.41. The van der Waals surface area contributed by atoms with E-state index in [1.54, 1.807) is 12.4 Å². The van der Waals surface area contributed by atoms with Crippen LogP contribution in [0.5, 0.6) is 0 Å². The molecule has 178 valence electrons. The lowest BCUT2D eigenvalue weighted by molar-refractivity contribution is -0.137. The number of piperidine rings is 1. The van der Waals surface area contributed by atoms with Gasteiger partial charge in [-0.05, 0) is 68.0 Å². The number of hydrogen-bond donors (Lipinski definition) is 2. The number of anilines is 2. The molecule has 0 atom stereocenters. The van der Waals surface area contributed by atoms with Crippen LogP contribution in [-0.2, 0) is 12.6 Å². The van der Waals surface area contributed by atoms with Crippen molar-refractivity contribution in [2.45, 2.75) is 44.3 Å². The third kappa shape index (κ3) is 6.37. The van der Waals surface area contributed by atoms with E-state index in [2.05, 4.69) is 20.5 Å². The van der Waals surface area contributed by atoms with Crippen molar-refractivity contribution in [2.24, 2.45) is 0 Å². The summed E-state index contributed by atoms with van der Waals surface area (Å²) in [5.41, 5.74) is 1.34. The van der Waals surface area contributed by atoms with Crippen LogP contribution in [0.25, 0.3) is 0 Å². The number of benzene rings is 1. The molecule has 0 bridgehead atoms. The normalized spacial score (nSPS) is 17.8. The summed E-state index contributed by atoms with van der Waals surface area (Å²) in [4.78, 5) is 21.1. The summed E-state index contributed by atoms with van der Waals surface area (Å²) < 4.78 is 39.7. The highest BCUT2D eigenvalue weighted by molar-refractivity contribution is 5.93. The minimum Gasteiger partial charge on any atom is -0.370 e. The predicted octanol–water partition coefficient (Wildman–Crippen LogP) is 4.53. The van der Waals surface area contributed by atoms with Crippen molar-refractivity contribution >= 4 is 17.4 Å². The number of carbonyl (C=O) groups is 1. The van der Waals surface area contributed by atoms with Crippen LogP contribution in [0, 0.1) is 0 Å². The fourth-order valence-electron chi connectivity index (χ4n) is 4.53. The molecule has 3 heterocycles. The van der Waals surface area contributed by atoms with Gasteiger partial charge in [0.25, 0.3) is 0 Å². The standard InChI is InChI=1S/C24H30F3N5O/c25-24(26,27)19-3-4-22(32-12-1-2-13-32)21(17-19)30-23(33)29-20-8-15-31(16-9-20)14-7-18-5-10-28-11-6-18/h3-6,10-11,17,20H,1-2,7-9,12-16H2,(H2,29,30,33). The molecule has 2 aliphatic heterocycles. The minimum absolute atomic E-state index is 0.00297. The molecular formula is C24H30F3N5O. The number of alkyl halides is 3. The first kappa shape index (κ1) is 23.4. The number of pyridine rings is 1. The first-order valence-corrected chi connectivity index (χ1v) is 11.5. The van der Waals surface area contributed by atoms with Gasteiger partial charge in [-0.25, -0.2) is 4.79 Å². The Bertz CT molecular complexity index is 923. The Labute approximate surface area is 192 Å². The first-order valence-electron chi connectivity index (χ1n) is 11.5. The molecule has 1 aromatic heterocycles. The highest BCUT2D eigenvalue weighted by Crippen LogP contribution is 2.36. The molecule has 2 N–H and O–H groups in total. The zero-order chi connectivity index (χ0) is 23.3. The van der Waals surface area contributed by atoms with E-state index in [0.29, 0.717) is 5.69 Å². The Morgan fingerprint density at radius 1 is 1.03 bits per heavy atom. The summed E-state index contributed by atoms with van der Waals surface area (Å²) in [5, 5.41) is 5.65. The largest absolute Gasteiger partial charge is 0.416 e. The molecular weight excluding hydrogens is 431 g/mol. The number of aromatic nitrogens is 1. The van der Waals surface area contributed by atoms with E-state index >= 15 is 0 Å². The van der Waals surface area contributed by atoms with Crippen molar-refractivity contribution < 1.29 is 18.0 Å². The molecule has 2 saturated heterocycles. The number of nitrogens with one attached hydrogen (secondary N) is 2. The van der Waals surface area contributed by atoms with Crippen LogP contribution in [0.3, 0.4) is 0 Å². The van der Waals surface area contributed by atoms with Crippen molar-refractivity contribution in [3.8, 4) is 0 Å². The number of amides is 2. The van der Waals surface area contributed by atoms with E-state index in [-0.39, 0.29) is 11.7 Å². The van der Waals surface area contributed by atoms with E-state index in [1.165, 1.54) is 11.6 Å². The Kier molecular flexibility index (Phi) is 7.37.